The van der Waals surface area contributed by atoms with Crippen LogP contribution in [-0.2, 0) is 6.18 Å². The lowest BCUT2D eigenvalue weighted by Gasteiger charge is -2.14. The molecule has 1 aromatic carbocycles. The number of nitrogens with zero attached hydrogens (tertiary/aromatic N) is 1. The number of rotatable bonds is 3. The summed E-state index contributed by atoms with van der Waals surface area (Å²) in [7, 11) is 0. The lowest BCUT2D eigenvalue weighted by Crippen LogP contribution is -2.44. The molecule has 0 aliphatic heterocycles. The normalized spacial score (nSPS) is 13.7. The van der Waals surface area contributed by atoms with Gasteiger partial charge in [-0.25, -0.2) is 4.79 Å². The maximum Gasteiger partial charge on any atom is 0.416 e. The van der Waals surface area contributed by atoms with Gasteiger partial charge in [0.05, 0.1) is 11.6 Å². The van der Waals surface area contributed by atoms with Gasteiger partial charge in [0, 0.05) is 5.69 Å². The molecule has 0 spiro atoms. The quantitative estimate of drug-likeness (QED) is 0.296. The molecule has 0 aromatic heterocycles. The second-order valence-corrected chi connectivity index (χ2v) is 3.92. The first kappa shape index (κ1) is 15.6. The smallest absolute Gasteiger partial charge is 0.409 e. The fourth-order valence-electron chi connectivity index (χ4n) is 1.30. The number of amidine groups is 1. The predicted octanol–water partition coefficient (Wildman–Crippen LogP) is 1.96. The molecule has 6 nitrogen and oxygen atoms in total. The third-order valence-corrected chi connectivity index (χ3v) is 2.35. The Kier molecular flexibility index (Phi) is 4.78. The fraction of sp³-hybridized carbons (Fsp3) is 0.273. The Morgan fingerprint density at radius 1 is 1.45 bits per heavy atom. The van der Waals surface area contributed by atoms with Crippen LogP contribution in [0.15, 0.2) is 29.4 Å². The van der Waals surface area contributed by atoms with Gasteiger partial charge in [0.15, 0.2) is 5.84 Å². The minimum atomic E-state index is -4.49. The molecule has 0 heterocycles. The van der Waals surface area contributed by atoms with Crippen molar-refractivity contribution in [2.75, 3.05) is 5.32 Å². The van der Waals surface area contributed by atoms with Crippen molar-refractivity contribution in [2.24, 2.45) is 10.9 Å². The van der Waals surface area contributed by atoms with E-state index in [4.69, 9.17) is 10.9 Å². The minimum Gasteiger partial charge on any atom is -0.409 e. The van der Waals surface area contributed by atoms with E-state index < -0.39 is 23.8 Å². The summed E-state index contributed by atoms with van der Waals surface area (Å²) in [6, 6.07) is 2.62. The molecule has 5 N–H and O–H groups in total. The summed E-state index contributed by atoms with van der Waals surface area (Å²) in [6.07, 6.45) is -4.49. The van der Waals surface area contributed by atoms with Crippen molar-refractivity contribution in [3.63, 3.8) is 0 Å². The van der Waals surface area contributed by atoms with Crippen molar-refractivity contribution in [1.29, 1.82) is 0 Å². The van der Waals surface area contributed by atoms with E-state index in [0.717, 1.165) is 12.1 Å². The fourth-order valence-corrected chi connectivity index (χ4v) is 1.30. The first-order valence-corrected chi connectivity index (χ1v) is 5.46. The van der Waals surface area contributed by atoms with Gasteiger partial charge in [0.25, 0.3) is 0 Å². The summed E-state index contributed by atoms with van der Waals surface area (Å²) in [5.74, 6) is -0.232. The maximum absolute atomic E-state index is 12.5. The number of nitrogens with one attached hydrogen (secondary N) is 2. The molecule has 0 fully saturated rings. The number of nitrogens with two attached hydrogens (primary N) is 1. The maximum atomic E-state index is 12.5. The molecule has 0 saturated carbocycles. The van der Waals surface area contributed by atoms with E-state index in [0.29, 0.717) is 0 Å². The van der Waals surface area contributed by atoms with Crippen LogP contribution in [0.25, 0.3) is 0 Å². The monoisotopic (exact) mass is 290 g/mol. The van der Waals surface area contributed by atoms with Crippen molar-refractivity contribution < 1.29 is 23.2 Å². The third kappa shape index (κ3) is 4.34. The topological polar surface area (TPSA) is 99.7 Å². The zero-order chi connectivity index (χ0) is 15.3. The van der Waals surface area contributed by atoms with Gasteiger partial charge in [-0.3, -0.25) is 0 Å². The van der Waals surface area contributed by atoms with Crippen LogP contribution in [0.2, 0.25) is 0 Å². The number of hydrogen-bond donors (Lipinski definition) is 4. The Labute approximate surface area is 112 Å². The SMILES string of the molecule is CC(NC(=O)Nc1cccc(C(F)(F)F)c1)/C(N)=N/O. The van der Waals surface area contributed by atoms with Gasteiger partial charge in [0.2, 0.25) is 0 Å². The molecule has 1 atom stereocenters. The number of anilines is 1. The lowest BCUT2D eigenvalue weighted by molar-refractivity contribution is -0.137. The molecule has 9 heteroatoms. The largest absolute Gasteiger partial charge is 0.416 e. The van der Waals surface area contributed by atoms with Crippen LogP contribution >= 0.6 is 0 Å². The summed E-state index contributed by atoms with van der Waals surface area (Å²) < 4.78 is 37.4. The number of urea groups is 1. The number of hydrogen-bond acceptors (Lipinski definition) is 3. The second-order valence-electron chi connectivity index (χ2n) is 3.92. The molecular formula is C11H13F3N4O2. The zero-order valence-electron chi connectivity index (χ0n) is 10.4. The molecule has 110 valence electrons. The number of carbonyl (C=O) groups excluding carboxylic acids is 1. The van der Waals surface area contributed by atoms with Crippen molar-refractivity contribution in [1.82, 2.24) is 5.32 Å². The van der Waals surface area contributed by atoms with Gasteiger partial charge in [0.1, 0.15) is 0 Å². The number of alkyl halides is 3. The zero-order valence-corrected chi connectivity index (χ0v) is 10.4. The molecule has 1 rings (SSSR count). The number of amides is 2. The summed E-state index contributed by atoms with van der Waals surface area (Å²) in [4.78, 5) is 11.5. The highest BCUT2D eigenvalue weighted by Crippen LogP contribution is 2.30. The molecule has 1 unspecified atom stereocenters. The molecule has 1 aromatic rings. The Morgan fingerprint density at radius 2 is 2.10 bits per heavy atom. The highest BCUT2D eigenvalue weighted by Gasteiger charge is 2.30. The van der Waals surface area contributed by atoms with E-state index in [1.165, 1.54) is 19.1 Å². The molecule has 0 aliphatic carbocycles. The first-order valence-electron chi connectivity index (χ1n) is 5.46. The third-order valence-electron chi connectivity index (χ3n) is 2.35. The average molecular weight is 290 g/mol. The Bertz CT molecular complexity index is 517. The summed E-state index contributed by atoms with van der Waals surface area (Å²) in [6.45, 7) is 1.45. The van der Waals surface area contributed by atoms with E-state index in [9.17, 15) is 18.0 Å². The Balaban J connectivity index is 2.72. The van der Waals surface area contributed by atoms with Crippen LogP contribution in [0.3, 0.4) is 0 Å². The van der Waals surface area contributed by atoms with E-state index >= 15 is 0 Å². The molecule has 0 radical (unpaired) electrons. The highest BCUT2D eigenvalue weighted by molar-refractivity contribution is 5.94. The predicted molar refractivity (Wildman–Crippen MR) is 66.5 cm³/mol. The summed E-state index contributed by atoms with van der Waals surface area (Å²) >= 11 is 0. The van der Waals surface area contributed by atoms with E-state index in [1.54, 1.807) is 0 Å². The van der Waals surface area contributed by atoms with Crippen LogP contribution in [0.4, 0.5) is 23.7 Å². The summed E-state index contributed by atoms with van der Waals surface area (Å²) in [5, 5.41) is 15.6. The molecule has 20 heavy (non-hydrogen) atoms. The summed E-state index contributed by atoms with van der Waals surface area (Å²) in [5.41, 5.74) is 4.35. The van der Waals surface area contributed by atoms with Crippen LogP contribution < -0.4 is 16.4 Å². The molecule has 0 saturated heterocycles. The molecular weight excluding hydrogens is 277 g/mol. The van der Waals surface area contributed by atoms with Crippen molar-refractivity contribution in [3.05, 3.63) is 29.8 Å². The Hall–Kier alpha value is -2.45. The highest BCUT2D eigenvalue weighted by atomic mass is 19.4. The average Bonchev–Trinajstić information content (AvgIpc) is 2.36. The van der Waals surface area contributed by atoms with Gasteiger partial charge in [-0.1, -0.05) is 11.2 Å². The lowest BCUT2D eigenvalue weighted by atomic mass is 10.2. The van der Waals surface area contributed by atoms with Gasteiger partial charge in [-0.05, 0) is 25.1 Å². The number of oxime groups is 1. The molecule has 0 bridgehead atoms. The number of benzene rings is 1. The van der Waals surface area contributed by atoms with Gasteiger partial charge >= 0.3 is 12.2 Å². The standard InChI is InChI=1S/C11H13F3N4O2/c1-6(9(15)18-20)16-10(19)17-8-4-2-3-7(5-8)11(12,13)14/h2-6,20H,1H3,(H2,15,18)(H2,16,17,19). The van der Waals surface area contributed by atoms with Crippen molar-refractivity contribution >= 4 is 17.6 Å². The van der Waals surface area contributed by atoms with Crippen LogP contribution in [0.5, 0.6) is 0 Å². The van der Waals surface area contributed by atoms with Gasteiger partial charge < -0.3 is 21.6 Å². The minimum absolute atomic E-state index is 0.0240. The van der Waals surface area contributed by atoms with Crippen LogP contribution in [0, 0.1) is 0 Å². The number of carbonyl (C=O) groups is 1. The first-order chi connectivity index (χ1) is 9.24. The van der Waals surface area contributed by atoms with Crippen LogP contribution in [0.1, 0.15) is 12.5 Å². The van der Waals surface area contributed by atoms with Crippen LogP contribution in [-0.4, -0.2) is 23.1 Å². The molecule has 0 aliphatic rings. The van der Waals surface area contributed by atoms with E-state index in [2.05, 4.69) is 15.8 Å². The van der Waals surface area contributed by atoms with Gasteiger partial charge in [-0.2, -0.15) is 13.2 Å². The van der Waals surface area contributed by atoms with Crippen molar-refractivity contribution in [3.8, 4) is 0 Å². The van der Waals surface area contributed by atoms with Gasteiger partial charge in [-0.15, -0.1) is 0 Å². The number of halogens is 3. The molecule has 2 amide bonds. The second kappa shape index (κ2) is 6.13. The Morgan fingerprint density at radius 3 is 2.65 bits per heavy atom. The van der Waals surface area contributed by atoms with E-state index in [-0.39, 0.29) is 11.5 Å². The van der Waals surface area contributed by atoms with Crippen molar-refractivity contribution in [2.45, 2.75) is 19.1 Å². The van der Waals surface area contributed by atoms with E-state index in [1.807, 2.05) is 0 Å².